The van der Waals surface area contributed by atoms with Crippen molar-refractivity contribution in [3.05, 3.63) is 29.3 Å². The molecule has 3 heteroatoms. The van der Waals surface area contributed by atoms with E-state index in [1.807, 2.05) is 19.1 Å². The Labute approximate surface area is 83.9 Å². The molecule has 0 spiro atoms. The van der Waals surface area contributed by atoms with Crippen molar-refractivity contribution in [3.8, 4) is 0 Å². The Bertz CT molecular complexity index is 314. The van der Waals surface area contributed by atoms with Crippen LogP contribution < -0.4 is 5.73 Å². The van der Waals surface area contributed by atoms with E-state index in [2.05, 4.69) is 0 Å². The average Bonchev–Trinajstić information content (AvgIpc) is 2.12. The number of benzene rings is 1. The molecule has 0 aliphatic rings. The lowest BCUT2D eigenvalue weighted by Crippen LogP contribution is -2.10. The van der Waals surface area contributed by atoms with Gasteiger partial charge in [-0.3, -0.25) is 4.79 Å². The standard InChI is InChI=1S/C11H15NO2/c1-3-14-11(13)7-9-8(2)5-4-6-10(9)12/h4-6H,3,7,12H2,1-2H3. The number of esters is 1. The number of carbonyl (C=O) groups excluding carboxylic acids is 1. The Morgan fingerprint density at radius 1 is 1.50 bits per heavy atom. The van der Waals surface area contributed by atoms with Crippen LogP contribution in [0.5, 0.6) is 0 Å². The maximum Gasteiger partial charge on any atom is 0.310 e. The lowest BCUT2D eigenvalue weighted by atomic mass is 10.0. The number of hydrogen-bond acceptors (Lipinski definition) is 3. The zero-order chi connectivity index (χ0) is 10.6. The summed E-state index contributed by atoms with van der Waals surface area (Å²) >= 11 is 0. The van der Waals surface area contributed by atoms with Crippen LogP contribution >= 0.6 is 0 Å². The predicted octanol–water partition coefficient (Wildman–Crippen LogP) is 1.68. The first kappa shape index (κ1) is 10.6. The fourth-order valence-corrected chi connectivity index (χ4v) is 1.32. The summed E-state index contributed by atoms with van der Waals surface area (Å²) in [6.45, 7) is 4.13. The summed E-state index contributed by atoms with van der Waals surface area (Å²) in [6.07, 6.45) is 0.256. The normalized spacial score (nSPS) is 9.86. The molecular weight excluding hydrogens is 178 g/mol. The fourth-order valence-electron chi connectivity index (χ4n) is 1.32. The van der Waals surface area contributed by atoms with Crippen LogP contribution in [0.1, 0.15) is 18.1 Å². The average molecular weight is 193 g/mol. The van der Waals surface area contributed by atoms with Gasteiger partial charge in [0.15, 0.2) is 0 Å². The first-order valence-corrected chi connectivity index (χ1v) is 4.64. The first-order valence-electron chi connectivity index (χ1n) is 4.64. The third-order valence-electron chi connectivity index (χ3n) is 2.07. The third kappa shape index (κ3) is 2.49. The van der Waals surface area contributed by atoms with Crippen molar-refractivity contribution in [2.75, 3.05) is 12.3 Å². The minimum Gasteiger partial charge on any atom is -0.466 e. The summed E-state index contributed by atoms with van der Waals surface area (Å²) in [5, 5.41) is 0. The van der Waals surface area contributed by atoms with Gasteiger partial charge in [0, 0.05) is 5.69 Å². The van der Waals surface area contributed by atoms with Crippen LogP contribution in [-0.4, -0.2) is 12.6 Å². The van der Waals surface area contributed by atoms with E-state index in [1.54, 1.807) is 13.0 Å². The van der Waals surface area contributed by atoms with Crippen molar-refractivity contribution in [3.63, 3.8) is 0 Å². The highest BCUT2D eigenvalue weighted by Gasteiger charge is 2.08. The van der Waals surface area contributed by atoms with Gasteiger partial charge >= 0.3 is 5.97 Å². The highest BCUT2D eigenvalue weighted by atomic mass is 16.5. The maximum absolute atomic E-state index is 11.2. The lowest BCUT2D eigenvalue weighted by molar-refractivity contribution is -0.142. The molecule has 0 aliphatic carbocycles. The lowest BCUT2D eigenvalue weighted by Gasteiger charge is -2.08. The van der Waals surface area contributed by atoms with Crippen molar-refractivity contribution in [1.29, 1.82) is 0 Å². The van der Waals surface area contributed by atoms with Gasteiger partial charge in [0.05, 0.1) is 13.0 Å². The summed E-state index contributed by atoms with van der Waals surface area (Å²) in [4.78, 5) is 11.2. The summed E-state index contributed by atoms with van der Waals surface area (Å²) in [7, 11) is 0. The molecule has 0 heterocycles. The van der Waals surface area contributed by atoms with E-state index < -0.39 is 0 Å². The predicted molar refractivity (Wildman–Crippen MR) is 55.9 cm³/mol. The van der Waals surface area contributed by atoms with E-state index in [0.29, 0.717) is 12.3 Å². The smallest absolute Gasteiger partial charge is 0.310 e. The second kappa shape index (κ2) is 4.65. The van der Waals surface area contributed by atoms with E-state index in [0.717, 1.165) is 11.1 Å². The van der Waals surface area contributed by atoms with Crippen LogP contribution in [0.2, 0.25) is 0 Å². The molecule has 0 aromatic heterocycles. The van der Waals surface area contributed by atoms with Gasteiger partial charge in [0.2, 0.25) is 0 Å². The molecule has 14 heavy (non-hydrogen) atoms. The third-order valence-corrected chi connectivity index (χ3v) is 2.07. The molecular formula is C11H15NO2. The maximum atomic E-state index is 11.2. The molecule has 0 radical (unpaired) electrons. The van der Waals surface area contributed by atoms with Crippen molar-refractivity contribution in [2.24, 2.45) is 0 Å². The summed E-state index contributed by atoms with van der Waals surface area (Å²) in [6, 6.07) is 5.60. The largest absolute Gasteiger partial charge is 0.466 e. The molecule has 1 aromatic carbocycles. The summed E-state index contributed by atoms with van der Waals surface area (Å²) in [5.41, 5.74) is 8.30. The molecule has 0 unspecified atom stereocenters. The highest BCUT2D eigenvalue weighted by Crippen LogP contribution is 2.16. The topological polar surface area (TPSA) is 52.3 Å². The van der Waals surface area contributed by atoms with Crippen LogP contribution in [0.3, 0.4) is 0 Å². The SMILES string of the molecule is CCOC(=O)Cc1c(C)cccc1N. The first-order chi connectivity index (χ1) is 6.65. The van der Waals surface area contributed by atoms with Gasteiger partial charge in [0.1, 0.15) is 0 Å². The van der Waals surface area contributed by atoms with E-state index in [4.69, 9.17) is 10.5 Å². The molecule has 3 nitrogen and oxygen atoms in total. The Hall–Kier alpha value is -1.51. The number of carbonyl (C=O) groups is 1. The second-order valence-electron chi connectivity index (χ2n) is 3.12. The zero-order valence-corrected chi connectivity index (χ0v) is 8.54. The van der Waals surface area contributed by atoms with Crippen LogP contribution in [-0.2, 0) is 16.0 Å². The van der Waals surface area contributed by atoms with Crippen molar-refractivity contribution >= 4 is 11.7 Å². The highest BCUT2D eigenvalue weighted by molar-refractivity contribution is 5.75. The fraction of sp³-hybridized carbons (Fsp3) is 0.364. The molecule has 0 amide bonds. The molecule has 0 atom stereocenters. The van der Waals surface area contributed by atoms with Crippen LogP contribution in [0.25, 0.3) is 0 Å². The van der Waals surface area contributed by atoms with Gasteiger partial charge in [-0.15, -0.1) is 0 Å². The van der Waals surface area contributed by atoms with E-state index in [9.17, 15) is 4.79 Å². The van der Waals surface area contributed by atoms with Crippen molar-refractivity contribution in [1.82, 2.24) is 0 Å². The van der Waals surface area contributed by atoms with Gasteiger partial charge in [-0.05, 0) is 31.0 Å². The van der Waals surface area contributed by atoms with Crippen LogP contribution in [0, 0.1) is 6.92 Å². The Balaban J connectivity index is 2.80. The summed E-state index contributed by atoms with van der Waals surface area (Å²) < 4.78 is 4.86. The van der Waals surface area contributed by atoms with Gasteiger partial charge < -0.3 is 10.5 Å². The molecule has 0 saturated carbocycles. The zero-order valence-electron chi connectivity index (χ0n) is 8.54. The van der Waals surface area contributed by atoms with Crippen molar-refractivity contribution in [2.45, 2.75) is 20.3 Å². The summed E-state index contributed by atoms with van der Waals surface area (Å²) in [5.74, 6) is -0.228. The van der Waals surface area contributed by atoms with Crippen LogP contribution in [0.4, 0.5) is 5.69 Å². The van der Waals surface area contributed by atoms with Gasteiger partial charge in [-0.1, -0.05) is 12.1 Å². The Kier molecular flexibility index (Phi) is 3.51. The number of nitrogen functional groups attached to an aromatic ring is 1. The van der Waals surface area contributed by atoms with Gasteiger partial charge in [-0.25, -0.2) is 0 Å². The molecule has 1 rings (SSSR count). The molecule has 76 valence electrons. The van der Waals surface area contributed by atoms with Crippen molar-refractivity contribution < 1.29 is 9.53 Å². The molecule has 0 saturated heterocycles. The molecule has 0 bridgehead atoms. The van der Waals surface area contributed by atoms with E-state index >= 15 is 0 Å². The number of anilines is 1. The second-order valence-corrected chi connectivity index (χ2v) is 3.12. The number of ether oxygens (including phenoxy) is 1. The van der Waals surface area contributed by atoms with E-state index in [-0.39, 0.29) is 12.4 Å². The molecule has 0 aliphatic heterocycles. The minimum absolute atomic E-state index is 0.228. The Morgan fingerprint density at radius 3 is 2.79 bits per heavy atom. The van der Waals surface area contributed by atoms with E-state index in [1.165, 1.54) is 0 Å². The van der Waals surface area contributed by atoms with Crippen LogP contribution in [0.15, 0.2) is 18.2 Å². The Morgan fingerprint density at radius 2 is 2.21 bits per heavy atom. The quantitative estimate of drug-likeness (QED) is 0.587. The molecule has 1 aromatic rings. The number of rotatable bonds is 3. The van der Waals surface area contributed by atoms with Gasteiger partial charge in [0.25, 0.3) is 0 Å². The van der Waals surface area contributed by atoms with Gasteiger partial charge in [-0.2, -0.15) is 0 Å². The number of aryl methyl sites for hydroxylation is 1. The number of nitrogens with two attached hydrogens (primary N) is 1. The molecule has 2 N–H and O–H groups in total. The number of hydrogen-bond donors (Lipinski definition) is 1. The minimum atomic E-state index is -0.228. The molecule has 0 fully saturated rings. The monoisotopic (exact) mass is 193 g/mol.